The fourth-order valence-electron chi connectivity index (χ4n) is 2.02. The standard InChI is InChI=1S/C16H20ClNO/c1-2-3-10-18-11-12-19-16-9-8-15(17)13-6-4-5-7-14(13)16/h4-9,18H,2-3,10-12H2,1H3. The number of hydrogen-bond acceptors (Lipinski definition) is 2. The van der Waals surface area contributed by atoms with Gasteiger partial charge in [-0.05, 0) is 25.1 Å². The van der Waals surface area contributed by atoms with E-state index in [9.17, 15) is 0 Å². The van der Waals surface area contributed by atoms with Gasteiger partial charge in [-0.25, -0.2) is 0 Å². The lowest BCUT2D eigenvalue weighted by atomic mass is 10.1. The zero-order chi connectivity index (χ0) is 13.5. The number of halogens is 1. The molecule has 2 aromatic carbocycles. The van der Waals surface area contributed by atoms with Gasteiger partial charge >= 0.3 is 0 Å². The third-order valence-electron chi connectivity index (χ3n) is 3.07. The highest BCUT2D eigenvalue weighted by Gasteiger charge is 2.04. The summed E-state index contributed by atoms with van der Waals surface area (Å²) in [6.07, 6.45) is 2.43. The van der Waals surface area contributed by atoms with Crippen LogP contribution in [0, 0.1) is 0 Å². The van der Waals surface area contributed by atoms with Crippen LogP contribution in [0.3, 0.4) is 0 Å². The smallest absolute Gasteiger partial charge is 0.127 e. The highest BCUT2D eigenvalue weighted by atomic mass is 35.5. The molecule has 0 amide bonds. The fraction of sp³-hybridized carbons (Fsp3) is 0.375. The second-order valence-corrected chi connectivity index (χ2v) is 4.95. The van der Waals surface area contributed by atoms with Crippen molar-refractivity contribution in [3.05, 3.63) is 41.4 Å². The summed E-state index contributed by atoms with van der Waals surface area (Å²) in [6, 6.07) is 11.9. The molecule has 0 spiro atoms. The second kappa shape index (κ2) is 7.37. The number of ether oxygens (including phenoxy) is 1. The van der Waals surface area contributed by atoms with Crippen molar-refractivity contribution in [3.8, 4) is 5.75 Å². The maximum Gasteiger partial charge on any atom is 0.127 e. The molecule has 0 bridgehead atoms. The van der Waals surface area contributed by atoms with Gasteiger partial charge in [0.25, 0.3) is 0 Å². The number of rotatable bonds is 7. The van der Waals surface area contributed by atoms with Gasteiger partial charge < -0.3 is 10.1 Å². The Labute approximate surface area is 119 Å². The molecule has 0 atom stereocenters. The predicted octanol–water partition coefficient (Wildman–Crippen LogP) is 4.26. The van der Waals surface area contributed by atoms with Gasteiger partial charge in [-0.3, -0.25) is 0 Å². The lowest BCUT2D eigenvalue weighted by Gasteiger charge is -2.10. The summed E-state index contributed by atoms with van der Waals surface area (Å²) < 4.78 is 5.83. The van der Waals surface area contributed by atoms with Crippen molar-refractivity contribution in [3.63, 3.8) is 0 Å². The Bertz CT molecular complexity index is 527. The number of benzene rings is 2. The molecule has 2 nitrogen and oxygen atoms in total. The summed E-state index contributed by atoms with van der Waals surface area (Å²) in [5.41, 5.74) is 0. The maximum atomic E-state index is 6.18. The minimum atomic E-state index is 0.676. The first-order valence-corrected chi connectivity index (χ1v) is 7.21. The van der Waals surface area contributed by atoms with Gasteiger partial charge in [0, 0.05) is 22.3 Å². The first-order chi connectivity index (χ1) is 9.33. The molecule has 0 saturated carbocycles. The molecule has 3 heteroatoms. The zero-order valence-corrected chi connectivity index (χ0v) is 12.0. The van der Waals surface area contributed by atoms with E-state index in [1.54, 1.807) is 0 Å². The highest BCUT2D eigenvalue weighted by molar-refractivity contribution is 6.35. The Kier molecular flexibility index (Phi) is 5.49. The van der Waals surface area contributed by atoms with Crippen LogP contribution in [0.1, 0.15) is 19.8 Å². The van der Waals surface area contributed by atoms with E-state index in [0.29, 0.717) is 6.61 Å². The predicted molar refractivity (Wildman–Crippen MR) is 82.2 cm³/mol. The van der Waals surface area contributed by atoms with Gasteiger partial charge in [0.1, 0.15) is 12.4 Å². The van der Waals surface area contributed by atoms with Crippen LogP contribution in [0.15, 0.2) is 36.4 Å². The van der Waals surface area contributed by atoms with Crippen LogP contribution < -0.4 is 10.1 Å². The van der Waals surface area contributed by atoms with Crippen molar-refractivity contribution in [1.29, 1.82) is 0 Å². The maximum absolute atomic E-state index is 6.18. The van der Waals surface area contributed by atoms with Crippen molar-refractivity contribution in [2.24, 2.45) is 0 Å². The molecule has 2 aromatic rings. The van der Waals surface area contributed by atoms with E-state index in [1.807, 2.05) is 36.4 Å². The first-order valence-electron chi connectivity index (χ1n) is 6.83. The van der Waals surface area contributed by atoms with E-state index in [1.165, 1.54) is 12.8 Å². The summed E-state index contributed by atoms with van der Waals surface area (Å²) in [5, 5.41) is 6.25. The summed E-state index contributed by atoms with van der Waals surface area (Å²) >= 11 is 6.18. The van der Waals surface area contributed by atoms with Crippen molar-refractivity contribution in [2.45, 2.75) is 19.8 Å². The lowest BCUT2D eigenvalue weighted by molar-refractivity contribution is 0.317. The van der Waals surface area contributed by atoms with Crippen molar-refractivity contribution in [1.82, 2.24) is 5.32 Å². The molecule has 0 heterocycles. The summed E-state index contributed by atoms with van der Waals surface area (Å²) in [7, 11) is 0. The molecule has 0 aliphatic heterocycles. The molecular formula is C16H20ClNO. The Morgan fingerprint density at radius 2 is 1.84 bits per heavy atom. The van der Waals surface area contributed by atoms with Gasteiger partial charge in [0.2, 0.25) is 0 Å². The Balaban J connectivity index is 1.96. The molecule has 0 aromatic heterocycles. The first kappa shape index (κ1) is 14.2. The average molecular weight is 278 g/mol. The van der Waals surface area contributed by atoms with Crippen LogP contribution in [0.4, 0.5) is 0 Å². The van der Waals surface area contributed by atoms with Crippen LogP contribution in [0.5, 0.6) is 5.75 Å². The van der Waals surface area contributed by atoms with E-state index in [-0.39, 0.29) is 0 Å². The number of hydrogen-bond donors (Lipinski definition) is 1. The monoisotopic (exact) mass is 277 g/mol. The van der Waals surface area contributed by atoms with Gasteiger partial charge in [-0.15, -0.1) is 0 Å². The Hall–Kier alpha value is -1.25. The van der Waals surface area contributed by atoms with Gasteiger partial charge in [-0.1, -0.05) is 49.2 Å². The lowest BCUT2D eigenvalue weighted by Crippen LogP contribution is -2.22. The molecular weight excluding hydrogens is 258 g/mol. The van der Waals surface area contributed by atoms with Gasteiger partial charge in [0.05, 0.1) is 0 Å². The normalized spacial score (nSPS) is 10.8. The highest BCUT2D eigenvalue weighted by Crippen LogP contribution is 2.31. The molecule has 19 heavy (non-hydrogen) atoms. The van der Waals surface area contributed by atoms with Crippen LogP contribution in [0.25, 0.3) is 10.8 Å². The summed E-state index contributed by atoms with van der Waals surface area (Å²) in [6.45, 7) is 4.80. The molecule has 0 aliphatic rings. The Morgan fingerprint density at radius 3 is 2.63 bits per heavy atom. The van der Waals surface area contributed by atoms with Crippen molar-refractivity contribution >= 4 is 22.4 Å². The summed E-state index contributed by atoms with van der Waals surface area (Å²) in [5.74, 6) is 0.900. The number of fused-ring (bicyclic) bond motifs is 1. The number of unbranched alkanes of at least 4 members (excludes halogenated alkanes) is 1. The van der Waals surface area contributed by atoms with Crippen LogP contribution in [0.2, 0.25) is 5.02 Å². The third-order valence-corrected chi connectivity index (χ3v) is 3.40. The average Bonchev–Trinajstić information content (AvgIpc) is 2.45. The molecule has 0 radical (unpaired) electrons. The van der Waals surface area contributed by atoms with Gasteiger partial charge in [-0.2, -0.15) is 0 Å². The van der Waals surface area contributed by atoms with Crippen LogP contribution in [-0.2, 0) is 0 Å². The van der Waals surface area contributed by atoms with E-state index in [4.69, 9.17) is 16.3 Å². The molecule has 0 saturated heterocycles. The molecule has 0 aliphatic carbocycles. The van der Waals surface area contributed by atoms with Crippen LogP contribution >= 0.6 is 11.6 Å². The van der Waals surface area contributed by atoms with E-state index in [0.717, 1.165) is 34.6 Å². The molecule has 2 rings (SSSR count). The largest absolute Gasteiger partial charge is 0.492 e. The van der Waals surface area contributed by atoms with Gasteiger partial charge in [0.15, 0.2) is 0 Å². The minimum absolute atomic E-state index is 0.676. The molecule has 0 fully saturated rings. The van der Waals surface area contributed by atoms with Crippen molar-refractivity contribution < 1.29 is 4.74 Å². The fourth-order valence-corrected chi connectivity index (χ4v) is 2.25. The SMILES string of the molecule is CCCCNCCOc1ccc(Cl)c2ccccc12. The van der Waals surface area contributed by atoms with Crippen molar-refractivity contribution in [2.75, 3.05) is 19.7 Å². The second-order valence-electron chi connectivity index (χ2n) is 4.54. The molecule has 1 N–H and O–H groups in total. The zero-order valence-electron chi connectivity index (χ0n) is 11.3. The number of nitrogens with one attached hydrogen (secondary N) is 1. The van der Waals surface area contributed by atoms with Crippen LogP contribution in [-0.4, -0.2) is 19.7 Å². The Morgan fingerprint density at radius 1 is 1.05 bits per heavy atom. The van der Waals surface area contributed by atoms with E-state index in [2.05, 4.69) is 12.2 Å². The van der Waals surface area contributed by atoms with E-state index < -0.39 is 0 Å². The summed E-state index contributed by atoms with van der Waals surface area (Å²) in [4.78, 5) is 0. The molecule has 102 valence electrons. The quantitative estimate of drug-likeness (QED) is 0.764. The minimum Gasteiger partial charge on any atom is -0.492 e. The topological polar surface area (TPSA) is 21.3 Å². The molecule has 0 unspecified atom stereocenters. The van der Waals surface area contributed by atoms with E-state index >= 15 is 0 Å². The third kappa shape index (κ3) is 3.85.